The second kappa shape index (κ2) is 10.0. The van der Waals surface area contributed by atoms with Gasteiger partial charge < -0.3 is 24.1 Å². The SMILES string of the molecule is CCOC(=O)Cc1coc2c(NC(=O)CN3CCN(C(=O)OC(C)(C)C)CC3)cccc12. The number of anilines is 1. The minimum absolute atomic E-state index is 0.111. The van der Waals surface area contributed by atoms with Crippen LogP contribution in [0.25, 0.3) is 11.0 Å². The van der Waals surface area contributed by atoms with Gasteiger partial charge >= 0.3 is 12.1 Å². The first-order chi connectivity index (χ1) is 15.2. The molecule has 1 aromatic carbocycles. The van der Waals surface area contributed by atoms with Crippen molar-refractivity contribution >= 4 is 34.6 Å². The molecule has 0 saturated carbocycles. The van der Waals surface area contributed by atoms with Crippen molar-refractivity contribution in [2.45, 2.75) is 39.7 Å². The molecule has 0 bridgehead atoms. The van der Waals surface area contributed by atoms with E-state index in [4.69, 9.17) is 13.9 Å². The third kappa shape index (κ3) is 6.23. The summed E-state index contributed by atoms with van der Waals surface area (Å²) in [5, 5.41) is 3.66. The van der Waals surface area contributed by atoms with Gasteiger partial charge in [-0.2, -0.15) is 0 Å². The zero-order valence-electron chi connectivity index (χ0n) is 19.1. The minimum atomic E-state index is -0.531. The first-order valence-corrected chi connectivity index (χ1v) is 10.8. The highest BCUT2D eigenvalue weighted by atomic mass is 16.6. The van der Waals surface area contributed by atoms with Crippen LogP contribution in [0, 0.1) is 0 Å². The van der Waals surface area contributed by atoms with Gasteiger partial charge in [-0.1, -0.05) is 12.1 Å². The summed E-state index contributed by atoms with van der Waals surface area (Å²) in [4.78, 5) is 40.3. The normalized spacial score (nSPS) is 14.9. The predicted octanol–water partition coefficient (Wildman–Crippen LogP) is 3.03. The third-order valence-electron chi connectivity index (χ3n) is 4.99. The minimum Gasteiger partial charge on any atom is -0.466 e. The average molecular weight is 446 g/mol. The number of carbonyl (C=O) groups is 3. The van der Waals surface area contributed by atoms with E-state index in [9.17, 15) is 14.4 Å². The monoisotopic (exact) mass is 445 g/mol. The van der Waals surface area contributed by atoms with Crippen LogP contribution in [0.3, 0.4) is 0 Å². The summed E-state index contributed by atoms with van der Waals surface area (Å²) in [5.41, 5.74) is 1.26. The van der Waals surface area contributed by atoms with Gasteiger partial charge in [-0.3, -0.25) is 14.5 Å². The summed E-state index contributed by atoms with van der Waals surface area (Å²) in [7, 11) is 0. The Morgan fingerprint density at radius 3 is 2.50 bits per heavy atom. The number of ether oxygens (including phenoxy) is 2. The van der Waals surface area contributed by atoms with E-state index >= 15 is 0 Å². The summed E-state index contributed by atoms with van der Waals surface area (Å²) in [6.45, 7) is 9.98. The van der Waals surface area contributed by atoms with Crippen LogP contribution in [0.1, 0.15) is 33.3 Å². The van der Waals surface area contributed by atoms with Gasteiger partial charge in [0.05, 0.1) is 31.5 Å². The van der Waals surface area contributed by atoms with E-state index in [0.29, 0.717) is 49.6 Å². The summed E-state index contributed by atoms with van der Waals surface area (Å²) in [6, 6.07) is 5.42. The molecule has 2 aromatic rings. The lowest BCUT2D eigenvalue weighted by Crippen LogP contribution is -2.51. The van der Waals surface area contributed by atoms with Gasteiger partial charge in [0.25, 0.3) is 0 Å². The zero-order chi connectivity index (χ0) is 23.3. The maximum absolute atomic E-state index is 12.6. The van der Waals surface area contributed by atoms with Crippen LogP contribution in [-0.4, -0.2) is 72.7 Å². The second-order valence-electron chi connectivity index (χ2n) is 8.72. The van der Waals surface area contributed by atoms with Crippen molar-refractivity contribution in [2.75, 3.05) is 44.6 Å². The highest BCUT2D eigenvalue weighted by molar-refractivity contribution is 6.01. The average Bonchev–Trinajstić information content (AvgIpc) is 3.11. The van der Waals surface area contributed by atoms with Crippen LogP contribution >= 0.6 is 0 Å². The van der Waals surface area contributed by atoms with Gasteiger partial charge in [0.2, 0.25) is 5.91 Å². The van der Waals surface area contributed by atoms with Crippen LogP contribution < -0.4 is 5.32 Å². The molecule has 0 unspecified atom stereocenters. The molecule has 1 fully saturated rings. The molecule has 1 N–H and O–H groups in total. The van der Waals surface area contributed by atoms with E-state index in [1.54, 1.807) is 17.9 Å². The summed E-state index contributed by atoms with van der Waals surface area (Å²) in [5.74, 6) is -0.498. The Hall–Kier alpha value is -3.07. The topological polar surface area (TPSA) is 101 Å². The van der Waals surface area contributed by atoms with Crippen LogP contribution in [0.4, 0.5) is 10.5 Å². The molecule has 174 valence electrons. The molecule has 9 heteroatoms. The van der Waals surface area contributed by atoms with Crippen molar-refractivity contribution < 1.29 is 28.3 Å². The zero-order valence-corrected chi connectivity index (χ0v) is 19.1. The highest BCUT2D eigenvalue weighted by Gasteiger charge is 2.26. The van der Waals surface area contributed by atoms with Crippen molar-refractivity contribution in [2.24, 2.45) is 0 Å². The number of benzene rings is 1. The molecule has 1 aromatic heterocycles. The molecule has 1 aliphatic rings. The predicted molar refractivity (Wildman–Crippen MR) is 119 cm³/mol. The van der Waals surface area contributed by atoms with Gasteiger partial charge in [0, 0.05) is 37.1 Å². The maximum atomic E-state index is 12.6. The molecule has 2 heterocycles. The molecule has 0 atom stereocenters. The number of hydrogen-bond acceptors (Lipinski definition) is 7. The van der Waals surface area contributed by atoms with Gasteiger partial charge in [-0.15, -0.1) is 0 Å². The first kappa shape index (κ1) is 23.6. The maximum Gasteiger partial charge on any atom is 0.410 e. The van der Waals surface area contributed by atoms with Gasteiger partial charge in [0.1, 0.15) is 5.60 Å². The number of esters is 1. The molecule has 0 aliphatic carbocycles. The van der Waals surface area contributed by atoms with Gasteiger partial charge in [-0.05, 0) is 33.8 Å². The van der Waals surface area contributed by atoms with Gasteiger partial charge in [-0.25, -0.2) is 4.79 Å². The Labute approximate surface area is 187 Å². The van der Waals surface area contributed by atoms with Crippen molar-refractivity contribution in [3.63, 3.8) is 0 Å². The summed E-state index contributed by atoms with van der Waals surface area (Å²) < 4.78 is 16.0. The third-order valence-corrected chi connectivity index (χ3v) is 4.99. The Morgan fingerprint density at radius 2 is 1.84 bits per heavy atom. The van der Waals surface area contributed by atoms with Crippen molar-refractivity contribution in [1.29, 1.82) is 0 Å². The highest BCUT2D eigenvalue weighted by Crippen LogP contribution is 2.28. The number of carbonyl (C=O) groups excluding carboxylic acids is 3. The first-order valence-electron chi connectivity index (χ1n) is 10.8. The lowest BCUT2D eigenvalue weighted by atomic mass is 10.1. The van der Waals surface area contributed by atoms with E-state index in [1.165, 1.54) is 6.26 Å². The molecule has 32 heavy (non-hydrogen) atoms. The summed E-state index contributed by atoms with van der Waals surface area (Å²) >= 11 is 0. The molecule has 3 rings (SSSR count). The lowest BCUT2D eigenvalue weighted by Gasteiger charge is -2.35. The van der Waals surface area contributed by atoms with Crippen molar-refractivity contribution in [3.05, 3.63) is 30.0 Å². The fraction of sp³-hybridized carbons (Fsp3) is 0.522. The molecule has 2 amide bonds. The summed E-state index contributed by atoms with van der Waals surface area (Å²) in [6.07, 6.45) is 1.30. The quantitative estimate of drug-likeness (QED) is 0.682. The van der Waals surface area contributed by atoms with E-state index < -0.39 is 5.60 Å². The number of rotatable bonds is 6. The van der Waals surface area contributed by atoms with Crippen LogP contribution in [0.5, 0.6) is 0 Å². The molecule has 1 saturated heterocycles. The number of fused-ring (bicyclic) bond motifs is 1. The molecule has 0 radical (unpaired) electrons. The number of nitrogens with one attached hydrogen (secondary N) is 1. The van der Waals surface area contributed by atoms with Gasteiger partial charge in [0.15, 0.2) is 5.58 Å². The van der Waals surface area contributed by atoms with E-state index in [1.807, 2.05) is 37.8 Å². The number of amides is 2. The number of furan rings is 1. The van der Waals surface area contributed by atoms with Crippen molar-refractivity contribution in [3.8, 4) is 0 Å². The standard InChI is InChI=1S/C23H31N3O6/c1-5-30-20(28)13-16-15-31-21-17(16)7-6-8-18(21)24-19(27)14-25-9-11-26(12-10-25)22(29)32-23(2,3)4/h6-8,15H,5,9-14H2,1-4H3,(H,24,27). The fourth-order valence-corrected chi connectivity index (χ4v) is 3.52. The van der Waals surface area contributed by atoms with Crippen LogP contribution in [-0.2, 0) is 25.5 Å². The molecule has 1 aliphatic heterocycles. The largest absolute Gasteiger partial charge is 0.466 e. The number of para-hydroxylation sites is 1. The smallest absolute Gasteiger partial charge is 0.410 e. The molecule has 0 spiro atoms. The Balaban J connectivity index is 1.55. The fourth-order valence-electron chi connectivity index (χ4n) is 3.52. The molecular weight excluding hydrogens is 414 g/mol. The molecular formula is C23H31N3O6. The number of nitrogens with zero attached hydrogens (tertiary/aromatic N) is 2. The Bertz CT molecular complexity index is 970. The Morgan fingerprint density at radius 1 is 1.12 bits per heavy atom. The van der Waals surface area contributed by atoms with E-state index in [-0.39, 0.29) is 30.9 Å². The van der Waals surface area contributed by atoms with E-state index in [0.717, 1.165) is 5.39 Å². The van der Waals surface area contributed by atoms with Crippen LogP contribution in [0.2, 0.25) is 0 Å². The molecule has 9 nitrogen and oxygen atoms in total. The second-order valence-corrected chi connectivity index (χ2v) is 8.72. The van der Waals surface area contributed by atoms with Crippen LogP contribution in [0.15, 0.2) is 28.9 Å². The Kier molecular flexibility index (Phi) is 7.40. The van der Waals surface area contributed by atoms with E-state index in [2.05, 4.69) is 5.32 Å². The number of hydrogen-bond donors (Lipinski definition) is 1. The van der Waals surface area contributed by atoms with Crippen molar-refractivity contribution in [1.82, 2.24) is 9.80 Å². The number of piperazine rings is 1. The lowest BCUT2D eigenvalue weighted by molar-refractivity contribution is -0.142.